The van der Waals surface area contributed by atoms with Gasteiger partial charge < -0.3 is 34.6 Å². The van der Waals surface area contributed by atoms with Crippen molar-refractivity contribution in [3.8, 4) is 34.5 Å². The van der Waals surface area contributed by atoms with E-state index < -0.39 is 28.1 Å². The molecule has 5 rings (SSSR count). The van der Waals surface area contributed by atoms with E-state index in [1.165, 1.54) is 24.3 Å². The zero-order valence-corrected chi connectivity index (χ0v) is 26.5. The van der Waals surface area contributed by atoms with E-state index in [-0.39, 0.29) is 20.7 Å². The Balaban J connectivity index is 0.000000200. The molecule has 4 N–H and O–H groups in total. The van der Waals surface area contributed by atoms with E-state index in [1.54, 1.807) is 18.2 Å². The fourth-order valence-corrected chi connectivity index (χ4v) is 5.01. The molecule has 0 unspecified atom stereocenters. The standard InChI is InChI=1S/C16H16O3.C9H5NO6S.C9H10O3/c1-2-18-16-10-14(11-17)8-9-15(16)19-12-13-6-4-3-5-7-13;11-4-1-3-2-5(9(13)14)17-8(3)6(7(4)12)10(15)16;1-2-12-9-5-7(6-10)3-4-8(9)11/h3-11H,2,12H2,1H3;1-2,11-12H,(H,13,14);3-6,11H,2H2,1H3. The van der Waals surface area contributed by atoms with Gasteiger partial charge in [-0.05, 0) is 67.9 Å². The highest BCUT2D eigenvalue weighted by atomic mass is 32.1. The highest BCUT2D eigenvalue weighted by Gasteiger charge is 2.25. The van der Waals surface area contributed by atoms with Crippen LogP contribution in [0.5, 0.6) is 34.5 Å². The van der Waals surface area contributed by atoms with Crippen molar-refractivity contribution >= 4 is 45.7 Å². The number of aldehydes is 2. The molecule has 14 heteroatoms. The quantitative estimate of drug-likeness (QED) is 0.0483. The number of nitro benzene ring substituents is 1. The molecule has 0 amide bonds. The molecule has 0 aliphatic carbocycles. The van der Waals surface area contributed by atoms with Gasteiger partial charge in [-0.2, -0.15) is 0 Å². The molecule has 0 fully saturated rings. The van der Waals surface area contributed by atoms with Crippen LogP contribution < -0.4 is 14.2 Å². The van der Waals surface area contributed by atoms with Crippen molar-refractivity contribution in [1.82, 2.24) is 0 Å². The summed E-state index contributed by atoms with van der Waals surface area (Å²) in [6.07, 6.45) is 1.51. The fraction of sp³-hybridized carbons (Fsp3) is 0.147. The SMILES string of the molecule is CCOc1cc(C=O)ccc1O.CCOc1cc(C=O)ccc1OCc1ccccc1.O=C(O)c1cc2cc(O)c(O)c([N+](=O)[O-])c2s1. The van der Waals surface area contributed by atoms with E-state index in [9.17, 15) is 39.8 Å². The van der Waals surface area contributed by atoms with Gasteiger partial charge >= 0.3 is 11.7 Å². The number of nitro groups is 1. The molecule has 0 aliphatic heterocycles. The molecule has 5 aromatic rings. The molecular weight excluding hydrogens is 646 g/mol. The minimum Gasteiger partial charge on any atom is -0.504 e. The maximum absolute atomic E-state index is 10.8. The van der Waals surface area contributed by atoms with Gasteiger partial charge in [-0.15, -0.1) is 11.3 Å². The lowest BCUT2D eigenvalue weighted by atomic mass is 10.2. The largest absolute Gasteiger partial charge is 0.504 e. The predicted molar refractivity (Wildman–Crippen MR) is 177 cm³/mol. The second-order valence-corrected chi connectivity index (χ2v) is 10.5. The first-order valence-electron chi connectivity index (χ1n) is 14.2. The van der Waals surface area contributed by atoms with Gasteiger partial charge in [0.05, 0.1) is 18.1 Å². The lowest BCUT2D eigenvalue weighted by molar-refractivity contribution is -0.383. The number of carboxylic acids is 1. The summed E-state index contributed by atoms with van der Waals surface area (Å²) in [6, 6.07) is 21.8. The van der Waals surface area contributed by atoms with Crippen molar-refractivity contribution in [2.45, 2.75) is 20.5 Å². The summed E-state index contributed by atoms with van der Waals surface area (Å²) < 4.78 is 16.3. The van der Waals surface area contributed by atoms with Crippen LogP contribution >= 0.6 is 11.3 Å². The van der Waals surface area contributed by atoms with E-state index >= 15 is 0 Å². The Bertz CT molecular complexity index is 1890. The van der Waals surface area contributed by atoms with Crippen molar-refractivity contribution in [3.05, 3.63) is 111 Å². The minimum atomic E-state index is -1.22. The van der Waals surface area contributed by atoms with E-state index in [1.807, 2.05) is 44.2 Å². The van der Waals surface area contributed by atoms with Crippen molar-refractivity contribution in [3.63, 3.8) is 0 Å². The number of carbonyl (C=O) groups is 3. The number of carbonyl (C=O) groups excluding carboxylic acids is 2. The average molecular weight is 678 g/mol. The Morgan fingerprint density at radius 3 is 1.98 bits per heavy atom. The molecule has 13 nitrogen and oxygen atoms in total. The van der Waals surface area contributed by atoms with Gasteiger partial charge in [0.15, 0.2) is 28.7 Å². The van der Waals surface area contributed by atoms with Crippen LogP contribution in [0.25, 0.3) is 10.1 Å². The Morgan fingerprint density at radius 1 is 0.792 bits per heavy atom. The first kappa shape index (κ1) is 36.3. The summed E-state index contributed by atoms with van der Waals surface area (Å²) in [5.41, 5.74) is 1.48. The maximum atomic E-state index is 10.8. The molecule has 0 saturated heterocycles. The number of fused-ring (bicyclic) bond motifs is 1. The van der Waals surface area contributed by atoms with Gasteiger partial charge in [0.1, 0.15) is 28.8 Å². The molecule has 0 saturated carbocycles. The van der Waals surface area contributed by atoms with Crippen LogP contribution in [0.3, 0.4) is 0 Å². The molecular formula is C34H31NO12S. The van der Waals surface area contributed by atoms with E-state index in [0.717, 1.165) is 17.9 Å². The highest BCUT2D eigenvalue weighted by molar-refractivity contribution is 7.21. The molecule has 0 aliphatic rings. The van der Waals surface area contributed by atoms with Crippen LogP contribution in [0.4, 0.5) is 5.69 Å². The molecule has 0 spiro atoms. The number of aromatic carboxylic acids is 1. The molecule has 0 atom stereocenters. The van der Waals surface area contributed by atoms with Gasteiger partial charge in [0, 0.05) is 16.5 Å². The molecule has 4 aromatic carbocycles. The first-order valence-corrected chi connectivity index (χ1v) is 15.0. The van der Waals surface area contributed by atoms with Crippen LogP contribution in [0.15, 0.2) is 78.9 Å². The molecule has 1 aromatic heterocycles. The summed E-state index contributed by atoms with van der Waals surface area (Å²) in [7, 11) is 0. The van der Waals surface area contributed by atoms with Crippen molar-refractivity contribution in [2.24, 2.45) is 0 Å². The minimum absolute atomic E-state index is 0.0164. The number of hydrogen-bond donors (Lipinski definition) is 4. The van der Waals surface area contributed by atoms with Crippen LogP contribution in [0.2, 0.25) is 0 Å². The smallest absolute Gasteiger partial charge is 0.345 e. The molecule has 0 radical (unpaired) electrons. The van der Waals surface area contributed by atoms with Crippen LogP contribution in [0.1, 0.15) is 49.8 Å². The number of thiophene rings is 1. The van der Waals surface area contributed by atoms with Gasteiger partial charge in [0.2, 0.25) is 5.75 Å². The number of nitrogens with zero attached hydrogens (tertiary/aromatic N) is 1. The Hall–Kier alpha value is -6.15. The molecule has 250 valence electrons. The van der Waals surface area contributed by atoms with Gasteiger partial charge in [-0.3, -0.25) is 19.7 Å². The summed E-state index contributed by atoms with van der Waals surface area (Å²) in [4.78, 5) is 41.6. The van der Waals surface area contributed by atoms with Crippen LogP contribution in [-0.2, 0) is 6.61 Å². The monoisotopic (exact) mass is 677 g/mol. The number of aromatic hydroxyl groups is 3. The van der Waals surface area contributed by atoms with Gasteiger partial charge in [0.25, 0.3) is 0 Å². The Kier molecular flexibility index (Phi) is 13.3. The highest BCUT2D eigenvalue weighted by Crippen LogP contribution is 2.45. The van der Waals surface area contributed by atoms with Crippen molar-refractivity contribution < 1.29 is 53.9 Å². The Labute approximate surface area is 278 Å². The normalized spacial score (nSPS) is 10.0. The summed E-state index contributed by atoms with van der Waals surface area (Å²) in [5.74, 6) is -1.08. The number of rotatable bonds is 11. The van der Waals surface area contributed by atoms with Crippen LogP contribution in [-0.4, -0.2) is 57.1 Å². The number of benzene rings is 4. The fourth-order valence-electron chi connectivity index (χ4n) is 4.01. The second-order valence-electron chi connectivity index (χ2n) is 9.49. The predicted octanol–water partition coefficient (Wildman–Crippen LogP) is 7.00. The maximum Gasteiger partial charge on any atom is 0.345 e. The van der Waals surface area contributed by atoms with Crippen molar-refractivity contribution in [1.29, 1.82) is 0 Å². The number of phenolic OH excluding ortho intramolecular Hbond substituents is 3. The summed E-state index contributed by atoms with van der Waals surface area (Å²) in [5, 5.41) is 47.6. The zero-order valence-electron chi connectivity index (χ0n) is 25.7. The zero-order chi connectivity index (χ0) is 35.2. The molecule has 48 heavy (non-hydrogen) atoms. The van der Waals surface area contributed by atoms with Crippen LogP contribution in [0, 0.1) is 10.1 Å². The Morgan fingerprint density at radius 2 is 1.40 bits per heavy atom. The number of carboxylic acid groups (broad SMARTS) is 1. The third kappa shape index (κ3) is 9.67. The van der Waals surface area contributed by atoms with E-state index in [4.69, 9.17) is 19.3 Å². The third-order valence-corrected chi connectivity index (χ3v) is 7.33. The second kappa shape index (κ2) is 17.5. The topological polar surface area (TPSA) is 203 Å². The third-order valence-electron chi connectivity index (χ3n) is 6.19. The van der Waals surface area contributed by atoms with Gasteiger partial charge in [-0.1, -0.05) is 30.3 Å². The van der Waals surface area contributed by atoms with E-state index in [2.05, 4.69) is 0 Å². The lowest BCUT2D eigenvalue weighted by Gasteiger charge is -2.12. The number of phenols is 3. The summed E-state index contributed by atoms with van der Waals surface area (Å²) >= 11 is 0.671. The number of hydrogen-bond acceptors (Lipinski definition) is 12. The first-order chi connectivity index (χ1) is 23.0. The van der Waals surface area contributed by atoms with Gasteiger partial charge in [-0.25, -0.2) is 4.79 Å². The molecule has 1 heterocycles. The molecule has 0 bridgehead atoms. The van der Waals surface area contributed by atoms with E-state index in [0.29, 0.717) is 65.8 Å². The van der Waals surface area contributed by atoms with Crippen molar-refractivity contribution in [2.75, 3.05) is 13.2 Å². The lowest BCUT2D eigenvalue weighted by Crippen LogP contribution is -2.00. The summed E-state index contributed by atoms with van der Waals surface area (Å²) in [6.45, 7) is 5.18. The average Bonchev–Trinajstić information content (AvgIpc) is 3.50. The number of ether oxygens (including phenoxy) is 3.